The molecule has 0 atom stereocenters. The summed E-state index contributed by atoms with van der Waals surface area (Å²) < 4.78 is 15.7. The van der Waals surface area contributed by atoms with Crippen LogP contribution in [0.25, 0.3) is 16.6 Å². The number of hydrogen-bond donors (Lipinski definition) is 2. The van der Waals surface area contributed by atoms with E-state index in [0.29, 0.717) is 22.3 Å². The van der Waals surface area contributed by atoms with Gasteiger partial charge in [0.15, 0.2) is 5.82 Å². The second-order valence-corrected chi connectivity index (χ2v) is 5.65. The number of aromatic nitrogens is 3. The lowest BCUT2D eigenvalue weighted by Crippen LogP contribution is -2.14. The van der Waals surface area contributed by atoms with Gasteiger partial charge in [-0.15, -0.1) is 5.10 Å². The number of nitrogens with zero attached hydrogens (tertiary/aromatic N) is 3. The van der Waals surface area contributed by atoms with Gasteiger partial charge in [-0.25, -0.2) is 8.91 Å². The molecule has 0 aliphatic rings. The zero-order valence-corrected chi connectivity index (χ0v) is 13.6. The summed E-state index contributed by atoms with van der Waals surface area (Å²) in [4.78, 5) is 16.9. The number of nitrogens with one attached hydrogen (secondary N) is 1. The van der Waals surface area contributed by atoms with Crippen molar-refractivity contribution in [1.82, 2.24) is 14.6 Å². The summed E-state index contributed by atoms with van der Waals surface area (Å²) in [5.74, 6) is -0.700. The van der Waals surface area contributed by atoms with Crippen molar-refractivity contribution < 1.29 is 9.18 Å². The molecule has 4 aromatic rings. The fourth-order valence-electron chi connectivity index (χ4n) is 2.83. The molecular weight excluding hydrogens is 333 g/mol. The Hall–Kier alpha value is -3.74. The van der Waals surface area contributed by atoms with E-state index in [1.54, 1.807) is 48.7 Å². The summed E-state index contributed by atoms with van der Waals surface area (Å²) in [6.45, 7) is 0. The number of anilines is 2. The van der Waals surface area contributed by atoms with Crippen LogP contribution in [0, 0.1) is 5.82 Å². The van der Waals surface area contributed by atoms with E-state index in [9.17, 15) is 9.18 Å². The lowest BCUT2D eigenvalue weighted by atomic mass is 10.1. The molecule has 3 aromatic heterocycles. The second-order valence-electron chi connectivity index (χ2n) is 5.65. The number of carbonyl (C=O) groups excluding carboxylic acids is 1. The van der Waals surface area contributed by atoms with Gasteiger partial charge in [-0.2, -0.15) is 0 Å². The van der Waals surface area contributed by atoms with Gasteiger partial charge < -0.3 is 11.1 Å². The third kappa shape index (κ3) is 2.65. The average molecular weight is 347 g/mol. The number of hydrogen-bond acceptors (Lipinski definition) is 4. The Bertz CT molecular complexity index is 1120. The summed E-state index contributed by atoms with van der Waals surface area (Å²) >= 11 is 0. The Labute approximate surface area is 148 Å². The maximum absolute atomic E-state index is 14.2. The molecule has 0 fully saturated rings. The molecule has 0 aliphatic heterocycles. The van der Waals surface area contributed by atoms with Gasteiger partial charge in [0.2, 0.25) is 0 Å². The van der Waals surface area contributed by atoms with Crippen LogP contribution in [0.1, 0.15) is 10.4 Å². The molecule has 7 heteroatoms. The minimum absolute atomic E-state index is 0.121. The number of rotatable bonds is 3. The maximum Gasteiger partial charge on any atom is 0.261 e. The van der Waals surface area contributed by atoms with E-state index in [4.69, 9.17) is 5.73 Å². The molecule has 0 spiro atoms. The molecular formula is C19H14FN5O. The highest BCUT2D eigenvalue weighted by Crippen LogP contribution is 2.30. The first-order valence-electron chi connectivity index (χ1n) is 7.88. The summed E-state index contributed by atoms with van der Waals surface area (Å²) in [6, 6.07) is 13.3. The first kappa shape index (κ1) is 15.8. The molecule has 0 saturated heterocycles. The molecule has 1 amide bonds. The highest BCUT2D eigenvalue weighted by atomic mass is 19.1. The molecule has 0 unspecified atom stereocenters. The second kappa shape index (κ2) is 6.29. The number of halogens is 1. The Morgan fingerprint density at radius 2 is 1.88 bits per heavy atom. The van der Waals surface area contributed by atoms with Crippen LogP contribution in [0.3, 0.4) is 0 Å². The molecule has 1 aromatic carbocycles. The van der Waals surface area contributed by atoms with Crippen LogP contribution in [0.15, 0.2) is 67.1 Å². The Morgan fingerprint density at radius 1 is 1.08 bits per heavy atom. The molecule has 3 heterocycles. The lowest BCUT2D eigenvalue weighted by molar-refractivity contribution is 0.102. The van der Waals surface area contributed by atoms with Crippen molar-refractivity contribution in [1.29, 1.82) is 0 Å². The highest BCUT2D eigenvalue weighted by Gasteiger charge is 2.19. The van der Waals surface area contributed by atoms with E-state index in [2.05, 4.69) is 15.4 Å². The number of pyridine rings is 2. The Balaban J connectivity index is 1.75. The molecule has 128 valence electrons. The fraction of sp³-hybridized carbons (Fsp3) is 0. The van der Waals surface area contributed by atoms with Crippen LogP contribution in [0.2, 0.25) is 0 Å². The van der Waals surface area contributed by atoms with Gasteiger partial charge in [0.25, 0.3) is 5.91 Å². The average Bonchev–Trinajstić information content (AvgIpc) is 2.98. The van der Waals surface area contributed by atoms with Crippen molar-refractivity contribution in [2.24, 2.45) is 0 Å². The number of nitrogen functional groups attached to an aromatic ring is 1. The van der Waals surface area contributed by atoms with Gasteiger partial charge >= 0.3 is 0 Å². The van der Waals surface area contributed by atoms with Crippen molar-refractivity contribution in [3.8, 4) is 11.1 Å². The molecule has 4 rings (SSSR count). The lowest BCUT2D eigenvalue weighted by Gasteiger charge is -2.11. The van der Waals surface area contributed by atoms with Gasteiger partial charge in [-0.1, -0.05) is 24.3 Å². The molecule has 0 aliphatic carbocycles. The first-order valence-corrected chi connectivity index (χ1v) is 7.88. The number of nitrogens with two attached hydrogens (primary N) is 1. The van der Waals surface area contributed by atoms with Crippen molar-refractivity contribution in [2.75, 3.05) is 11.1 Å². The van der Waals surface area contributed by atoms with Crippen LogP contribution in [-0.4, -0.2) is 20.5 Å². The monoisotopic (exact) mass is 347 g/mol. The first-order chi connectivity index (χ1) is 12.6. The number of fused-ring (bicyclic) bond motifs is 1. The molecule has 3 N–H and O–H groups in total. The van der Waals surface area contributed by atoms with Gasteiger partial charge in [0.1, 0.15) is 11.4 Å². The summed E-state index contributed by atoms with van der Waals surface area (Å²) in [5.41, 5.74) is 8.03. The van der Waals surface area contributed by atoms with Crippen LogP contribution in [0.4, 0.5) is 15.9 Å². The zero-order chi connectivity index (χ0) is 18.1. The van der Waals surface area contributed by atoms with E-state index in [0.717, 1.165) is 0 Å². The minimum atomic E-state index is -0.424. The Kier molecular flexibility index (Phi) is 3.81. The van der Waals surface area contributed by atoms with Crippen LogP contribution in [-0.2, 0) is 0 Å². The predicted molar refractivity (Wildman–Crippen MR) is 97.2 cm³/mol. The van der Waals surface area contributed by atoms with Gasteiger partial charge in [0.05, 0.1) is 11.2 Å². The fourth-order valence-corrected chi connectivity index (χ4v) is 2.83. The minimum Gasteiger partial charge on any atom is -0.382 e. The standard InChI is InChI=1S/C19H14FN5O/c20-14-6-2-1-5-12(14)13-11-22-9-8-15(13)23-19(26)17-16-7-3-4-10-25(16)24-18(17)21/h1-11H,(H2,21,24)(H,22,23,26). The summed E-state index contributed by atoms with van der Waals surface area (Å²) in [5, 5.41) is 6.92. The van der Waals surface area contributed by atoms with Crippen molar-refractivity contribution >= 4 is 22.9 Å². The largest absolute Gasteiger partial charge is 0.382 e. The van der Waals surface area contributed by atoms with Gasteiger partial charge in [-0.3, -0.25) is 9.78 Å². The summed E-state index contributed by atoms with van der Waals surface area (Å²) in [6.07, 6.45) is 4.74. The third-order valence-corrected chi connectivity index (χ3v) is 4.03. The van der Waals surface area contributed by atoms with Crippen molar-refractivity contribution in [3.63, 3.8) is 0 Å². The number of benzene rings is 1. The van der Waals surface area contributed by atoms with E-state index in [-0.39, 0.29) is 11.4 Å². The normalized spacial score (nSPS) is 10.8. The van der Waals surface area contributed by atoms with Crippen LogP contribution in [0.5, 0.6) is 0 Å². The van der Waals surface area contributed by atoms with Crippen LogP contribution >= 0.6 is 0 Å². The third-order valence-electron chi connectivity index (χ3n) is 4.03. The van der Waals surface area contributed by atoms with E-state index >= 15 is 0 Å². The van der Waals surface area contributed by atoms with E-state index in [1.807, 2.05) is 0 Å². The number of amides is 1. The van der Waals surface area contributed by atoms with Gasteiger partial charge in [0, 0.05) is 29.7 Å². The molecule has 0 saturated carbocycles. The van der Waals surface area contributed by atoms with Crippen molar-refractivity contribution in [3.05, 3.63) is 78.5 Å². The topological polar surface area (TPSA) is 85.3 Å². The van der Waals surface area contributed by atoms with E-state index in [1.165, 1.54) is 23.0 Å². The zero-order valence-electron chi connectivity index (χ0n) is 13.6. The SMILES string of the molecule is Nc1nn2ccccc2c1C(=O)Nc1ccncc1-c1ccccc1F. The van der Waals surface area contributed by atoms with Crippen molar-refractivity contribution in [2.45, 2.75) is 0 Å². The smallest absolute Gasteiger partial charge is 0.261 e. The summed E-state index contributed by atoms with van der Waals surface area (Å²) in [7, 11) is 0. The van der Waals surface area contributed by atoms with Crippen LogP contribution < -0.4 is 11.1 Å². The predicted octanol–water partition coefficient (Wildman–Crippen LogP) is 3.37. The Morgan fingerprint density at radius 3 is 2.73 bits per heavy atom. The molecule has 0 bridgehead atoms. The van der Waals surface area contributed by atoms with E-state index < -0.39 is 11.7 Å². The van der Waals surface area contributed by atoms with Gasteiger partial charge in [-0.05, 0) is 24.3 Å². The highest BCUT2D eigenvalue weighted by molar-refractivity contribution is 6.13. The number of carbonyl (C=O) groups is 1. The molecule has 6 nitrogen and oxygen atoms in total. The quantitative estimate of drug-likeness (QED) is 0.595. The molecule has 0 radical (unpaired) electrons. The maximum atomic E-state index is 14.2. The molecule has 26 heavy (non-hydrogen) atoms.